The molecule has 2 rings (SSSR count). The summed E-state index contributed by atoms with van der Waals surface area (Å²) in [6.45, 7) is 0. The number of azide groups is 1. The fraction of sp³-hybridized carbons (Fsp3) is 0.0667. The van der Waals surface area contributed by atoms with E-state index >= 15 is 0 Å². The van der Waals surface area contributed by atoms with E-state index in [2.05, 4.69) is 22.2 Å². The molecule has 0 aliphatic heterocycles. The lowest BCUT2D eigenvalue weighted by atomic mass is 10.1. The van der Waals surface area contributed by atoms with Gasteiger partial charge < -0.3 is 0 Å². The zero-order valence-electron chi connectivity index (χ0n) is 9.90. The summed E-state index contributed by atoms with van der Waals surface area (Å²) in [7, 11) is 0. The van der Waals surface area contributed by atoms with Crippen LogP contribution in [-0.2, 0) is 6.42 Å². The van der Waals surface area contributed by atoms with Crippen molar-refractivity contribution in [3.63, 3.8) is 0 Å². The molecule has 0 aromatic heterocycles. The van der Waals surface area contributed by atoms with E-state index in [0.29, 0.717) is 5.70 Å². The standard InChI is InChI=1S/C15H13N3/c16-18-17-15(14-9-5-2-6-10-14)12-11-13-7-3-1-4-8-13/h1-10,12H,11H2/b15-12+. The Morgan fingerprint density at radius 2 is 1.61 bits per heavy atom. The Morgan fingerprint density at radius 3 is 2.22 bits per heavy atom. The molecule has 88 valence electrons. The van der Waals surface area contributed by atoms with Gasteiger partial charge in [-0.05, 0) is 23.1 Å². The quantitative estimate of drug-likeness (QED) is 0.423. The molecule has 0 fully saturated rings. The van der Waals surface area contributed by atoms with Crippen molar-refractivity contribution >= 4 is 5.70 Å². The first-order valence-corrected chi connectivity index (χ1v) is 5.75. The molecule has 0 unspecified atom stereocenters. The van der Waals surface area contributed by atoms with E-state index < -0.39 is 0 Å². The predicted octanol–water partition coefficient (Wildman–Crippen LogP) is 4.58. The van der Waals surface area contributed by atoms with Gasteiger partial charge in [-0.25, -0.2) is 0 Å². The highest BCUT2D eigenvalue weighted by Crippen LogP contribution is 2.16. The lowest BCUT2D eigenvalue weighted by Gasteiger charge is -2.01. The van der Waals surface area contributed by atoms with Gasteiger partial charge in [-0.2, -0.15) is 0 Å². The van der Waals surface area contributed by atoms with Gasteiger partial charge in [0.1, 0.15) is 0 Å². The fourth-order valence-corrected chi connectivity index (χ4v) is 1.70. The molecule has 2 aromatic carbocycles. The largest absolute Gasteiger partial charge is 0.0700 e. The van der Waals surface area contributed by atoms with Crippen molar-refractivity contribution < 1.29 is 0 Å². The number of rotatable bonds is 4. The van der Waals surface area contributed by atoms with Crippen molar-refractivity contribution in [3.05, 3.63) is 88.3 Å². The maximum Gasteiger partial charge on any atom is 0.0411 e. The Morgan fingerprint density at radius 1 is 1.00 bits per heavy atom. The molecule has 3 heteroatoms. The SMILES string of the molecule is [N-]=[N+]=N/C(=C/Cc1ccccc1)c1ccccc1. The first-order chi connectivity index (χ1) is 8.90. The normalized spacial score (nSPS) is 10.8. The molecule has 2 aromatic rings. The summed E-state index contributed by atoms with van der Waals surface area (Å²) < 4.78 is 0. The van der Waals surface area contributed by atoms with Crippen LogP contribution in [0.2, 0.25) is 0 Å². The lowest BCUT2D eigenvalue weighted by Crippen LogP contribution is -1.84. The van der Waals surface area contributed by atoms with Gasteiger partial charge in [0.2, 0.25) is 0 Å². The van der Waals surface area contributed by atoms with Crippen LogP contribution in [0.15, 0.2) is 71.9 Å². The molecule has 0 amide bonds. The highest BCUT2D eigenvalue weighted by Gasteiger charge is 1.97. The minimum absolute atomic E-state index is 0.668. The summed E-state index contributed by atoms with van der Waals surface area (Å²) in [5.74, 6) is 0. The summed E-state index contributed by atoms with van der Waals surface area (Å²) in [5, 5.41) is 3.75. The smallest absolute Gasteiger partial charge is 0.0411 e. The molecule has 0 radical (unpaired) electrons. The van der Waals surface area contributed by atoms with Crippen LogP contribution in [0.1, 0.15) is 11.1 Å². The van der Waals surface area contributed by atoms with Crippen molar-refractivity contribution in [2.75, 3.05) is 0 Å². The van der Waals surface area contributed by atoms with Gasteiger partial charge in [0, 0.05) is 10.6 Å². The first kappa shape index (κ1) is 12.0. The summed E-state index contributed by atoms with van der Waals surface area (Å²) in [6.07, 6.45) is 2.70. The van der Waals surface area contributed by atoms with Crippen LogP contribution in [0.5, 0.6) is 0 Å². The molecule has 0 heterocycles. The van der Waals surface area contributed by atoms with E-state index in [1.54, 1.807) is 0 Å². The van der Waals surface area contributed by atoms with Crippen LogP contribution in [0, 0.1) is 0 Å². The first-order valence-electron chi connectivity index (χ1n) is 5.75. The minimum Gasteiger partial charge on any atom is -0.0700 e. The summed E-state index contributed by atoms with van der Waals surface area (Å²) in [6, 6.07) is 19.8. The Bertz CT molecular complexity index is 567. The molecule has 0 atom stereocenters. The zero-order chi connectivity index (χ0) is 12.6. The van der Waals surface area contributed by atoms with Gasteiger partial charge in [-0.15, -0.1) is 0 Å². The molecular weight excluding hydrogens is 222 g/mol. The predicted molar refractivity (Wildman–Crippen MR) is 73.7 cm³/mol. The van der Waals surface area contributed by atoms with Crippen molar-refractivity contribution in [2.45, 2.75) is 6.42 Å². The van der Waals surface area contributed by atoms with Crippen LogP contribution < -0.4 is 0 Å². The Kier molecular flexibility index (Phi) is 4.17. The van der Waals surface area contributed by atoms with Crippen LogP contribution in [0.25, 0.3) is 16.1 Å². The molecule has 0 saturated carbocycles. The third-order valence-electron chi connectivity index (χ3n) is 2.60. The highest BCUT2D eigenvalue weighted by molar-refractivity contribution is 5.64. The maximum atomic E-state index is 8.61. The summed E-state index contributed by atoms with van der Waals surface area (Å²) in [5.41, 5.74) is 11.4. The molecular formula is C15H13N3. The van der Waals surface area contributed by atoms with Crippen molar-refractivity contribution in [1.29, 1.82) is 0 Å². The molecule has 0 aliphatic rings. The van der Waals surface area contributed by atoms with E-state index in [4.69, 9.17) is 5.53 Å². The number of benzene rings is 2. The van der Waals surface area contributed by atoms with Crippen molar-refractivity contribution in [2.24, 2.45) is 5.11 Å². The van der Waals surface area contributed by atoms with Crippen LogP contribution in [-0.4, -0.2) is 0 Å². The monoisotopic (exact) mass is 235 g/mol. The average Bonchev–Trinajstić information content (AvgIpc) is 2.45. The third-order valence-corrected chi connectivity index (χ3v) is 2.60. The molecule has 0 aliphatic carbocycles. The van der Waals surface area contributed by atoms with E-state index in [1.807, 2.05) is 54.6 Å². The zero-order valence-corrected chi connectivity index (χ0v) is 9.90. The number of nitrogens with zero attached hydrogens (tertiary/aromatic N) is 3. The topological polar surface area (TPSA) is 48.8 Å². The second kappa shape index (κ2) is 6.28. The summed E-state index contributed by atoms with van der Waals surface area (Å²) in [4.78, 5) is 2.88. The summed E-state index contributed by atoms with van der Waals surface area (Å²) >= 11 is 0. The van der Waals surface area contributed by atoms with Gasteiger partial charge in [0.15, 0.2) is 0 Å². The molecule has 0 N–H and O–H groups in total. The third kappa shape index (κ3) is 3.24. The number of hydrogen-bond donors (Lipinski definition) is 0. The van der Waals surface area contributed by atoms with E-state index in [9.17, 15) is 0 Å². The second-order valence-corrected chi connectivity index (χ2v) is 3.83. The lowest BCUT2D eigenvalue weighted by molar-refractivity contribution is 1.26. The molecule has 3 nitrogen and oxygen atoms in total. The molecule has 0 spiro atoms. The molecule has 0 bridgehead atoms. The van der Waals surface area contributed by atoms with Gasteiger partial charge in [0.25, 0.3) is 0 Å². The van der Waals surface area contributed by atoms with E-state index in [0.717, 1.165) is 12.0 Å². The number of hydrogen-bond acceptors (Lipinski definition) is 1. The van der Waals surface area contributed by atoms with E-state index in [1.165, 1.54) is 5.56 Å². The van der Waals surface area contributed by atoms with Crippen LogP contribution in [0.4, 0.5) is 0 Å². The van der Waals surface area contributed by atoms with Gasteiger partial charge in [0.05, 0.1) is 0 Å². The van der Waals surface area contributed by atoms with Gasteiger partial charge in [-0.1, -0.05) is 71.9 Å². The van der Waals surface area contributed by atoms with Crippen molar-refractivity contribution in [1.82, 2.24) is 0 Å². The van der Waals surface area contributed by atoms with Crippen LogP contribution >= 0.6 is 0 Å². The molecule has 18 heavy (non-hydrogen) atoms. The Hall–Kier alpha value is -2.51. The molecule has 0 saturated heterocycles. The maximum absolute atomic E-state index is 8.61. The van der Waals surface area contributed by atoms with Gasteiger partial charge in [-0.3, -0.25) is 0 Å². The second-order valence-electron chi connectivity index (χ2n) is 3.83. The minimum atomic E-state index is 0.668. The Balaban J connectivity index is 2.24. The Labute approximate surface area is 106 Å². The van der Waals surface area contributed by atoms with Crippen molar-refractivity contribution in [3.8, 4) is 0 Å². The van der Waals surface area contributed by atoms with Gasteiger partial charge >= 0.3 is 0 Å². The van der Waals surface area contributed by atoms with Crippen LogP contribution in [0.3, 0.4) is 0 Å². The highest BCUT2D eigenvalue weighted by atomic mass is 15.1. The van der Waals surface area contributed by atoms with E-state index in [-0.39, 0.29) is 0 Å². The number of allylic oxidation sites excluding steroid dienone is 1. The fourth-order valence-electron chi connectivity index (χ4n) is 1.70. The average molecular weight is 235 g/mol.